The number of ether oxygens (including phenoxy) is 1. The average molecular weight is 427 g/mol. The fourth-order valence-corrected chi connectivity index (χ4v) is 4.17. The fraction of sp³-hybridized carbons (Fsp3) is 0.261. The SMILES string of the molecule is CC(C)Oc1ccc(CNC(=O)CN(C)S(=O)(=O)c2ccc3ccccc3c2)cc1. The molecule has 3 rings (SSSR count). The number of rotatable bonds is 8. The second-order valence-corrected chi connectivity index (χ2v) is 9.40. The van der Waals surface area contributed by atoms with Gasteiger partial charge in [0.25, 0.3) is 0 Å². The molecule has 7 heteroatoms. The van der Waals surface area contributed by atoms with Gasteiger partial charge in [0.05, 0.1) is 17.5 Å². The molecule has 30 heavy (non-hydrogen) atoms. The van der Waals surface area contributed by atoms with Crippen molar-refractivity contribution in [2.75, 3.05) is 13.6 Å². The monoisotopic (exact) mass is 426 g/mol. The molecule has 6 nitrogen and oxygen atoms in total. The molecule has 0 radical (unpaired) electrons. The number of sulfonamides is 1. The summed E-state index contributed by atoms with van der Waals surface area (Å²) in [6, 6.07) is 19.9. The van der Waals surface area contributed by atoms with Crippen LogP contribution in [0, 0.1) is 0 Å². The number of nitrogens with zero attached hydrogens (tertiary/aromatic N) is 1. The Balaban J connectivity index is 1.59. The van der Waals surface area contributed by atoms with Gasteiger partial charge in [0, 0.05) is 13.6 Å². The van der Waals surface area contributed by atoms with Gasteiger partial charge in [-0.3, -0.25) is 4.79 Å². The van der Waals surface area contributed by atoms with E-state index in [0.29, 0.717) is 6.54 Å². The largest absolute Gasteiger partial charge is 0.491 e. The second kappa shape index (κ2) is 9.28. The third-order valence-corrected chi connectivity index (χ3v) is 6.38. The van der Waals surface area contributed by atoms with Crippen LogP contribution in [0.15, 0.2) is 71.6 Å². The highest BCUT2D eigenvalue weighted by Crippen LogP contribution is 2.21. The summed E-state index contributed by atoms with van der Waals surface area (Å²) in [7, 11) is -2.36. The van der Waals surface area contributed by atoms with Gasteiger partial charge in [0.2, 0.25) is 15.9 Å². The summed E-state index contributed by atoms with van der Waals surface area (Å²) in [6.07, 6.45) is 0.0932. The molecule has 158 valence electrons. The first-order valence-corrected chi connectivity index (χ1v) is 11.2. The minimum atomic E-state index is -3.77. The minimum Gasteiger partial charge on any atom is -0.491 e. The van der Waals surface area contributed by atoms with Crippen molar-refractivity contribution in [2.45, 2.75) is 31.4 Å². The van der Waals surface area contributed by atoms with Crippen LogP contribution in [0.2, 0.25) is 0 Å². The summed E-state index contributed by atoms with van der Waals surface area (Å²) < 4.78 is 32.3. The molecule has 0 spiro atoms. The van der Waals surface area contributed by atoms with Crippen LogP contribution in [-0.2, 0) is 21.4 Å². The second-order valence-electron chi connectivity index (χ2n) is 7.36. The van der Waals surface area contributed by atoms with E-state index < -0.39 is 10.0 Å². The number of hydrogen-bond acceptors (Lipinski definition) is 4. The summed E-state index contributed by atoms with van der Waals surface area (Å²) >= 11 is 0. The van der Waals surface area contributed by atoms with Gasteiger partial charge in [-0.15, -0.1) is 0 Å². The topological polar surface area (TPSA) is 75.7 Å². The molecule has 1 N–H and O–H groups in total. The molecule has 3 aromatic carbocycles. The molecule has 3 aromatic rings. The lowest BCUT2D eigenvalue weighted by molar-refractivity contribution is -0.121. The lowest BCUT2D eigenvalue weighted by Gasteiger charge is -2.17. The highest BCUT2D eigenvalue weighted by molar-refractivity contribution is 7.89. The van der Waals surface area contributed by atoms with Crippen LogP contribution >= 0.6 is 0 Å². The number of likely N-dealkylation sites (N-methyl/N-ethyl adjacent to an activating group) is 1. The smallest absolute Gasteiger partial charge is 0.243 e. The molecule has 0 fully saturated rings. The summed E-state index contributed by atoms with van der Waals surface area (Å²) in [4.78, 5) is 12.5. The van der Waals surface area contributed by atoms with Crippen molar-refractivity contribution in [3.8, 4) is 5.75 Å². The maximum Gasteiger partial charge on any atom is 0.243 e. The van der Waals surface area contributed by atoms with Crippen molar-refractivity contribution in [2.24, 2.45) is 0 Å². The third-order valence-electron chi connectivity index (χ3n) is 4.58. The van der Waals surface area contributed by atoms with Crippen LogP contribution in [0.3, 0.4) is 0 Å². The first kappa shape index (κ1) is 21.8. The summed E-state index contributed by atoms with van der Waals surface area (Å²) in [5, 5.41) is 4.55. The Morgan fingerprint density at radius 3 is 2.33 bits per heavy atom. The molecule has 0 aliphatic rings. The fourth-order valence-electron chi connectivity index (χ4n) is 3.01. The van der Waals surface area contributed by atoms with Crippen LogP contribution in [0.5, 0.6) is 5.75 Å². The number of carbonyl (C=O) groups excluding carboxylic acids is 1. The van der Waals surface area contributed by atoms with Crippen molar-refractivity contribution in [3.05, 3.63) is 72.3 Å². The number of amides is 1. The number of carbonyl (C=O) groups is 1. The standard InChI is InChI=1S/C23H26N2O4S/c1-17(2)29-21-11-8-18(9-12-21)15-24-23(26)16-25(3)30(27,28)22-13-10-19-6-4-5-7-20(19)14-22/h4-14,17H,15-16H2,1-3H3,(H,24,26). The zero-order valence-corrected chi connectivity index (χ0v) is 18.1. The molecular weight excluding hydrogens is 400 g/mol. The molecule has 1 amide bonds. The molecular formula is C23H26N2O4S. The van der Waals surface area contributed by atoms with Gasteiger partial charge in [-0.25, -0.2) is 8.42 Å². The Morgan fingerprint density at radius 1 is 1.00 bits per heavy atom. The summed E-state index contributed by atoms with van der Waals surface area (Å²) in [6.45, 7) is 3.96. The third kappa shape index (κ3) is 5.37. The Hall–Kier alpha value is -2.90. The maximum absolute atomic E-state index is 12.8. The van der Waals surface area contributed by atoms with Gasteiger partial charge in [0.1, 0.15) is 5.75 Å². The van der Waals surface area contributed by atoms with E-state index in [0.717, 1.165) is 26.4 Å². The lowest BCUT2D eigenvalue weighted by Crippen LogP contribution is -2.38. The molecule has 0 heterocycles. The normalized spacial score (nSPS) is 11.8. The summed E-state index contributed by atoms with van der Waals surface area (Å²) in [5.41, 5.74) is 0.902. The Labute approximate surface area is 177 Å². The highest BCUT2D eigenvalue weighted by Gasteiger charge is 2.23. The molecule has 0 aliphatic carbocycles. The van der Waals surface area contributed by atoms with Crippen molar-refractivity contribution in [1.82, 2.24) is 9.62 Å². The van der Waals surface area contributed by atoms with E-state index in [1.54, 1.807) is 18.2 Å². The van der Waals surface area contributed by atoms with Gasteiger partial charge in [-0.1, -0.05) is 42.5 Å². The number of nitrogens with one attached hydrogen (secondary N) is 1. The van der Waals surface area contributed by atoms with Crippen molar-refractivity contribution < 1.29 is 17.9 Å². The molecule has 0 unspecified atom stereocenters. The maximum atomic E-state index is 12.8. The zero-order chi connectivity index (χ0) is 21.7. The number of fused-ring (bicyclic) bond motifs is 1. The van der Waals surface area contributed by atoms with E-state index in [1.165, 1.54) is 7.05 Å². The van der Waals surface area contributed by atoms with Gasteiger partial charge in [-0.2, -0.15) is 4.31 Å². The van der Waals surface area contributed by atoms with Crippen molar-refractivity contribution >= 4 is 26.7 Å². The minimum absolute atomic E-state index is 0.0932. The first-order chi connectivity index (χ1) is 14.3. The van der Waals surface area contributed by atoms with Crippen LogP contribution in [0.25, 0.3) is 10.8 Å². The van der Waals surface area contributed by atoms with Crippen molar-refractivity contribution in [3.63, 3.8) is 0 Å². The van der Waals surface area contributed by atoms with Crippen molar-refractivity contribution in [1.29, 1.82) is 0 Å². The average Bonchev–Trinajstić information content (AvgIpc) is 2.72. The lowest BCUT2D eigenvalue weighted by atomic mass is 10.1. The number of benzene rings is 3. The van der Waals surface area contributed by atoms with E-state index in [4.69, 9.17) is 4.74 Å². The predicted molar refractivity (Wildman–Crippen MR) is 118 cm³/mol. The van der Waals surface area contributed by atoms with Crippen LogP contribution in [-0.4, -0.2) is 38.3 Å². The molecule has 0 bridgehead atoms. The predicted octanol–water partition coefficient (Wildman–Crippen LogP) is 3.56. The van der Waals surface area contributed by atoms with Gasteiger partial charge >= 0.3 is 0 Å². The molecule has 0 aromatic heterocycles. The van der Waals surface area contributed by atoms with Crippen LogP contribution in [0.1, 0.15) is 19.4 Å². The van der Waals surface area contributed by atoms with E-state index in [9.17, 15) is 13.2 Å². The van der Waals surface area contributed by atoms with E-state index in [-0.39, 0.29) is 23.5 Å². The molecule has 0 saturated heterocycles. The molecule has 0 aliphatic heterocycles. The van der Waals surface area contributed by atoms with Crippen LogP contribution < -0.4 is 10.1 Å². The van der Waals surface area contributed by atoms with Gasteiger partial charge < -0.3 is 10.1 Å². The first-order valence-electron chi connectivity index (χ1n) is 9.73. The zero-order valence-electron chi connectivity index (χ0n) is 17.3. The molecule has 0 saturated carbocycles. The Morgan fingerprint density at radius 2 is 1.67 bits per heavy atom. The van der Waals surface area contributed by atoms with Gasteiger partial charge in [0.15, 0.2) is 0 Å². The van der Waals surface area contributed by atoms with E-state index >= 15 is 0 Å². The summed E-state index contributed by atoms with van der Waals surface area (Å²) in [5.74, 6) is 0.394. The van der Waals surface area contributed by atoms with Gasteiger partial charge in [-0.05, 0) is 54.4 Å². The van der Waals surface area contributed by atoms with E-state index in [1.807, 2.05) is 62.4 Å². The quantitative estimate of drug-likeness (QED) is 0.598. The highest BCUT2D eigenvalue weighted by atomic mass is 32.2. The van der Waals surface area contributed by atoms with Crippen LogP contribution in [0.4, 0.5) is 0 Å². The number of hydrogen-bond donors (Lipinski definition) is 1. The Bertz CT molecular complexity index is 1130. The van der Waals surface area contributed by atoms with E-state index in [2.05, 4.69) is 5.32 Å². The molecule has 0 atom stereocenters. The Kier molecular flexibility index (Phi) is 6.74.